The second-order valence-electron chi connectivity index (χ2n) is 12.0. The van der Waals surface area contributed by atoms with E-state index < -0.39 is 17.9 Å². The van der Waals surface area contributed by atoms with Gasteiger partial charge in [-0.25, -0.2) is 4.99 Å². The van der Waals surface area contributed by atoms with Gasteiger partial charge in [0.2, 0.25) is 0 Å². The summed E-state index contributed by atoms with van der Waals surface area (Å²) >= 11 is 0. The van der Waals surface area contributed by atoms with Gasteiger partial charge in [-0.1, -0.05) is 27.7 Å². The first-order valence-corrected chi connectivity index (χ1v) is 15.3. The van der Waals surface area contributed by atoms with Gasteiger partial charge in [0, 0.05) is 38.9 Å². The molecule has 2 aliphatic rings. The van der Waals surface area contributed by atoms with Crippen LogP contribution in [0, 0.1) is 19.8 Å². The minimum absolute atomic E-state index is 0.0868. The van der Waals surface area contributed by atoms with E-state index >= 15 is 0 Å². The van der Waals surface area contributed by atoms with Crippen molar-refractivity contribution in [3.8, 4) is 0 Å². The van der Waals surface area contributed by atoms with Crippen LogP contribution in [0.3, 0.4) is 0 Å². The topological polar surface area (TPSA) is 165 Å². The molecule has 2 amide bonds. The molecule has 4 heterocycles. The average molecular weight is 615 g/mol. The lowest BCUT2D eigenvalue weighted by molar-refractivity contribution is -0.141. The number of aromatic nitrogens is 2. The van der Waals surface area contributed by atoms with Crippen molar-refractivity contribution < 1.29 is 29.4 Å². The SMILES string of the molecule is CCC1=C(C)C(=O)N=C1/C=c1/[nH]/c(=C\c2[nH]c(/C=C3/NC(=O)C(C)=C3CC)c(C)c2[C@@H](C)CC(=O)O)c(C[C@H](C)C(=O)O)c1C. The number of nitrogens with zero attached hydrogens (tertiary/aromatic N) is 1. The number of carboxylic acid groups (broad SMARTS) is 2. The number of allylic oxidation sites excluding steroid dienone is 2. The van der Waals surface area contributed by atoms with E-state index in [1.807, 2.05) is 52.8 Å². The maximum Gasteiger partial charge on any atom is 0.306 e. The molecule has 238 valence electrons. The predicted octanol–water partition coefficient (Wildman–Crippen LogP) is 4.32. The summed E-state index contributed by atoms with van der Waals surface area (Å²) < 4.78 is 0. The zero-order valence-corrected chi connectivity index (χ0v) is 27.2. The third kappa shape index (κ3) is 6.55. The molecule has 2 aliphatic heterocycles. The number of carbonyl (C=O) groups is 4. The predicted molar refractivity (Wildman–Crippen MR) is 174 cm³/mol. The summed E-state index contributed by atoms with van der Waals surface area (Å²) in [5.41, 5.74) is 9.14. The van der Waals surface area contributed by atoms with Crippen LogP contribution in [0.2, 0.25) is 0 Å². The molecule has 2 aromatic heterocycles. The second-order valence-corrected chi connectivity index (χ2v) is 12.0. The third-order valence-corrected chi connectivity index (χ3v) is 8.96. The number of carboxylic acids is 2. The van der Waals surface area contributed by atoms with Crippen molar-refractivity contribution in [3.05, 3.63) is 72.3 Å². The lowest BCUT2D eigenvalue weighted by Gasteiger charge is -2.11. The highest BCUT2D eigenvalue weighted by molar-refractivity contribution is 6.30. The van der Waals surface area contributed by atoms with E-state index in [4.69, 9.17) is 0 Å². The summed E-state index contributed by atoms with van der Waals surface area (Å²) in [6.07, 6.45) is 7.11. The number of amides is 2. The maximum absolute atomic E-state index is 12.4. The summed E-state index contributed by atoms with van der Waals surface area (Å²) in [5, 5.41) is 23.7. The Hall–Kier alpha value is -4.73. The average Bonchev–Trinajstić information content (AvgIpc) is 3.61. The smallest absolute Gasteiger partial charge is 0.306 e. The summed E-state index contributed by atoms with van der Waals surface area (Å²) in [4.78, 5) is 59.6. The van der Waals surface area contributed by atoms with Crippen LogP contribution >= 0.6 is 0 Å². The number of aromatic amines is 2. The number of aliphatic carboxylic acids is 2. The van der Waals surface area contributed by atoms with Crippen LogP contribution in [0.1, 0.15) is 100 Å². The van der Waals surface area contributed by atoms with E-state index in [0.29, 0.717) is 51.8 Å². The van der Waals surface area contributed by atoms with Gasteiger partial charge in [0.25, 0.3) is 11.8 Å². The molecule has 2 atom stereocenters. The first-order chi connectivity index (χ1) is 21.2. The Morgan fingerprint density at radius 3 is 2.11 bits per heavy atom. The molecule has 0 saturated carbocycles. The van der Waals surface area contributed by atoms with E-state index in [0.717, 1.165) is 39.1 Å². The van der Waals surface area contributed by atoms with E-state index in [-0.39, 0.29) is 30.6 Å². The lowest BCUT2D eigenvalue weighted by Crippen LogP contribution is -2.18. The van der Waals surface area contributed by atoms with Crippen molar-refractivity contribution in [1.82, 2.24) is 15.3 Å². The Balaban J connectivity index is 1.98. The van der Waals surface area contributed by atoms with Gasteiger partial charge in [-0.15, -0.1) is 0 Å². The van der Waals surface area contributed by atoms with Crippen LogP contribution < -0.4 is 16.0 Å². The number of rotatable bonds is 11. The summed E-state index contributed by atoms with van der Waals surface area (Å²) in [5.74, 6) is -3.25. The Bertz CT molecular complexity index is 1860. The highest BCUT2D eigenvalue weighted by atomic mass is 16.4. The van der Waals surface area contributed by atoms with Crippen LogP contribution in [-0.4, -0.2) is 49.6 Å². The van der Waals surface area contributed by atoms with Gasteiger partial charge in [-0.05, 0) is 105 Å². The third-order valence-electron chi connectivity index (χ3n) is 8.96. The normalized spacial score (nSPS) is 18.4. The number of carbonyl (C=O) groups excluding carboxylic acids is 2. The number of H-pyrrole nitrogens is 2. The van der Waals surface area contributed by atoms with Crippen molar-refractivity contribution in [3.63, 3.8) is 0 Å². The molecular weight excluding hydrogens is 572 g/mol. The summed E-state index contributed by atoms with van der Waals surface area (Å²) in [7, 11) is 0. The molecule has 0 aliphatic carbocycles. The molecule has 5 N–H and O–H groups in total. The molecule has 0 saturated heterocycles. The Morgan fingerprint density at radius 2 is 1.51 bits per heavy atom. The van der Waals surface area contributed by atoms with Crippen molar-refractivity contribution in [2.75, 3.05) is 0 Å². The maximum atomic E-state index is 12.4. The second kappa shape index (κ2) is 13.1. The van der Waals surface area contributed by atoms with Crippen LogP contribution in [0.25, 0.3) is 18.2 Å². The zero-order valence-electron chi connectivity index (χ0n) is 27.2. The van der Waals surface area contributed by atoms with Crippen LogP contribution in [0.15, 0.2) is 33.0 Å². The molecule has 4 rings (SSSR count). The summed E-state index contributed by atoms with van der Waals surface area (Å²) in [6.45, 7) is 14.9. The molecule has 10 nitrogen and oxygen atoms in total. The molecule has 2 aromatic rings. The zero-order chi connectivity index (χ0) is 33.3. The first-order valence-electron chi connectivity index (χ1n) is 15.3. The molecule has 0 aromatic carbocycles. The Labute approximate surface area is 262 Å². The van der Waals surface area contributed by atoms with Crippen molar-refractivity contribution >= 4 is 47.7 Å². The molecule has 10 heteroatoms. The van der Waals surface area contributed by atoms with Gasteiger partial charge in [0.1, 0.15) is 0 Å². The fourth-order valence-electron chi connectivity index (χ4n) is 6.30. The van der Waals surface area contributed by atoms with Gasteiger partial charge in [-0.3, -0.25) is 19.2 Å². The van der Waals surface area contributed by atoms with Gasteiger partial charge < -0.3 is 25.5 Å². The number of hydrogen-bond donors (Lipinski definition) is 5. The van der Waals surface area contributed by atoms with Crippen molar-refractivity contribution in [2.45, 2.75) is 87.0 Å². The van der Waals surface area contributed by atoms with E-state index in [9.17, 15) is 29.4 Å². The molecule has 45 heavy (non-hydrogen) atoms. The van der Waals surface area contributed by atoms with E-state index in [1.54, 1.807) is 20.8 Å². The van der Waals surface area contributed by atoms with Crippen molar-refractivity contribution in [1.29, 1.82) is 0 Å². The van der Waals surface area contributed by atoms with Crippen LogP contribution in [0.4, 0.5) is 0 Å². The fraction of sp³-hybridized carbons (Fsp3) is 0.400. The molecule has 0 fully saturated rings. The number of nitrogens with one attached hydrogen (secondary N) is 3. The van der Waals surface area contributed by atoms with Gasteiger partial charge in [0.15, 0.2) is 0 Å². The first kappa shape index (κ1) is 33.2. The summed E-state index contributed by atoms with van der Waals surface area (Å²) in [6, 6.07) is 0. The molecule has 0 spiro atoms. The quantitative estimate of drug-likeness (QED) is 0.253. The lowest BCUT2D eigenvalue weighted by atomic mass is 9.93. The number of hydrogen-bond acceptors (Lipinski definition) is 4. The molecule has 0 unspecified atom stereocenters. The standard InChI is InChI=1S/C35H42N4O6/c1-9-22-19(6)33(42)38-27(22)13-25-18(5)24(11-17(4)35(44)45)29(36-25)15-30-32(16(3)12-31(40)41)21(8)26(37-30)14-28-23(10-2)20(7)34(43)39-28/h13-17,36-37H,9-12H2,1-8H3,(H,39,43)(H,40,41)(H,44,45)/b25-13+,28-14+,29-15-/t16-,17-/m0/s1. The molecule has 0 bridgehead atoms. The van der Waals surface area contributed by atoms with E-state index in [2.05, 4.69) is 20.3 Å². The van der Waals surface area contributed by atoms with Gasteiger partial charge >= 0.3 is 11.9 Å². The minimum Gasteiger partial charge on any atom is -0.481 e. The monoisotopic (exact) mass is 614 g/mol. The van der Waals surface area contributed by atoms with Gasteiger partial charge in [0.05, 0.1) is 18.1 Å². The van der Waals surface area contributed by atoms with Crippen LogP contribution in [-0.2, 0) is 25.6 Å². The highest BCUT2D eigenvalue weighted by Gasteiger charge is 2.26. The molecular formula is C35H42N4O6. The fourth-order valence-corrected chi connectivity index (χ4v) is 6.30. The Kier molecular flexibility index (Phi) is 9.65. The van der Waals surface area contributed by atoms with Gasteiger partial charge in [-0.2, -0.15) is 0 Å². The largest absolute Gasteiger partial charge is 0.481 e. The Morgan fingerprint density at radius 1 is 0.844 bits per heavy atom. The van der Waals surface area contributed by atoms with E-state index in [1.165, 1.54) is 0 Å². The molecule has 0 radical (unpaired) electrons. The highest BCUT2D eigenvalue weighted by Crippen LogP contribution is 2.32. The van der Waals surface area contributed by atoms with Crippen molar-refractivity contribution in [2.24, 2.45) is 10.9 Å². The minimum atomic E-state index is -0.922. The number of aliphatic imine (C=N–C) groups is 1. The van der Waals surface area contributed by atoms with Crippen LogP contribution in [0.5, 0.6) is 0 Å².